The van der Waals surface area contributed by atoms with Crippen molar-refractivity contribution in [3.05, 3.63) is 23.9 Å². The molecular formula is C15H25N3S. The highest BCUT2D eigenvalue weighted by Crippen LogP contribution is 2.32. The van der Waals surface area contributed by atoms with E-state index < -0.39 is 0 Å². The fourth-order valence-electron chi connectivity index (χ4n) is 2.50. The van der Waals surface area contributed by atoms with E-state index in [1.165, 1.54) is 11.3 Å². The van der Waals surface area contributed by atoms with E-state index in [0.717, 1.165) is 31.7 Å². The second-order valence-corrected chi connectivity index (χ2v) is 7.69. The molecule has 0 amide bonds. The van der Waals surface area contributed by atoms with Crippen LogP contribution in [0.15, 0.2) is 18.3 Å². The zero-order valence-corrected chi connectivity index (χ0v) is 13.0. The van der Waals surface area contributed by atoms with Crippen molar-refractivity contribution in [3.8, 4) is 0 Å². The van der Waals surface area contributed by atoms with E-state index >= 15 is 0 Å². The molecule has 2 rings (SSSR count). The van der Waals surface area contributed by atoms with Crippen LogP contribution in [0.4, 0.5) is 5.82 Å². The Bertz CT molecular complexity index is 420. The number of rotatable bonds is 4. The summed E-state index contributed by atoms with van der Waals surface area (Å²) in [5, 5.41) is 0. The third-order valence-electron chi connectivity index (χ3n) is 3.60. The second kappa shape index (κ2) is 6.14. The number of nitrogens with two attached hydrogens (primary N) is 1. The van der Waals surface area contributed by atoms with Crippen LogP contribution in [-0.4, -0.2) is 34.6 Å². The average Bonchev–Trinajstić information content (AvgIpc) is 2.38. The van der Waals surface area contributed by atoms with E-state index in [1.54, 1.807) is 0 Å². The predicted octanol–water partition coefficient (Wildman–Crippen LogP) is 2.69. The number of hydrogen-bond donors (Lipinski definition) is 1. The summed E-state index contributed by atoms with van der Waals surface area (Å²) in [6, 6.07) is 4.42. The number of thioether (sulfide) groups is 1. The van der Waals surface area contributed by atoms with Crippen molar-refractivity contribution in [3.63, 3.8) is 0 Å². The first-order chi connectivity index (χ1) is 9.02. The van der Waals surface area contributed by atoms with Crippen molar-refractivity contribution in [2.24, 2.45) is 5.73 Å². The first kappa shape index (κ1) is 14.7. The van der Waals surface area contributed by atoms with Gasteiger partial charge in [0.25, 0.3) is 0 Å². The van der Waals surface area contributed by atoms with Crippen LogP contribution >= 0.6 is 11.8 Å². The molecule has 0 aliphatic carbocycles. The molecule has 0 aromatic carbocycles. The third-order valence-corrected chi connectivity index (χ3v) is 4.90. The van der Waals surface area contributed by atoms with Gasteiger partial charge in [0.15, 0.2) is 0 Å². The summed E-state index contributed by atoms with van der Waals surface area (Å²) in [5.41, 5.74) is 7.40. The number of hydrogen-bond acceptors (Lipinski definition) is 4. The van der Waals surface area contributed by atoms with Crippen LogP contribution in [0.5, 0.6) is 0 Å². The molecular weight excluding hydrogens is 254 g/mol. The van der Waals surface area contributed by atoms with E-state index in [1.807, 2.05) is 24.0 Å². The lowest BCUT2D eigenvalue weighted by Crippen LogP contribution is -2.44. The Kier molecular flexibility index (Phi) is 4.74. The number of anilines is 1. The van der Waals surface area contributed by atoms with Crippen molar-refractivity contribution in [1.29, 1.82) is 0 Å². The molecule has 1 saturated heterocycles. The summed E-state index contributed by atoms with van der Waals surface area (Å²) in [6.45, 7) is 8.90. The SMILES string of the molecule is CCC(N)Cc1cccnc1N1CCSC(C)(C)C1. The Hall–Kier alpha value is -0.740. The maximum atomic E-state index is 6.11. The summed E-state index contributed by atoms with van der Waals surface area (Å²) < 4.78 is 0.305. The van der Waals surface area contributed by atoms with Gasteiger partial charge in [-0.15, -0.1) is 0 Å². The number of nitrogens with zero attached hydrogens (tertiary/aromatic N) is 2. The lowest BCUT2D eigenvalue weighted by molar-refractivity contribution is 0.623. The maximum Gasteiger partial charge on any atom is 0.131 e. The highest BCUT2D eigenvalue weighted by Gasteiger charge is 2.28. The average molecular weight is 279 g/mol. The zero-order valence-electron chi connectivity index (χ0n) is 12.2. The lowest BCUT2D eigenvalue weighted by Gasteiger charge is -2.39. The zero-order chi connectivity index (χ0) is 13.9. The van der Waals surface area contributed by atoms with Gasteiger partial charge in [0.05, 0.1) is 0 Å². The summed E-state index contributed by atoms with van der Waals surface area (Å²) in [6.07, 6.45) is 3.82. The molecule has 1 aliphatic heterocycles. The molecule has 3 nitrogen and oxygen atoms in total. The lowest BCUT2D eigenvalue weighted by atomic mass is 10.0. The van der Waals surface area contributed by atoms with Gasteiger partial charge in [-0.1, -0.05) is 13.0 Å². The minimum atomic E-state index is 0.232. The van der Waals surface area contributed by atoms with Crippen LogP contribution in [-0.2, 0) is 6.42 Å². The Labute approximate surface area is 121 Å². The number of aromatic nitrogens is 1. The second-order valence-electron chi connectivity index (χ2n) is 5.89. The molecule has 0 spiro atoms. The number of pyridine rings is 1. The minimum absolute atomic E-state index is 0.232. The minimum Gasteiger partial charge on any atom is -0.354 e. The van der Waals surface area contributed by atoms with Gasteiger partial charge in [0.1, 0.15) is 5.82 Å². The molecule has 1 aromatic rings. The van der Waals surface area contributed by atoms with Crippen molar-refractivity contribution in [1.82, 2.24) is 4.98 Å². The van der Waals surface area contributed by atoms with Crippen molar-refractivity contribution in [2.75, 3.05) is 23.7 Å². The summed E-state index contributed by atoms with van der Waals surface area (Å²) >= 11 is 2.05. The molecule has 0 radical (unpaired) electrons. The van der Waals surface area contributed by atoms with Crippen molar-refractivity contribution in [2.45, 2.75) is 44.4 Å². The summed E-state index contributed by atoms with van der Waals surface area (Å²) in [5.74, 6) is 2.31. The highest BCUT2D eigenvalue weighted by atomic mass is 32.2. The predicted molar refractivity (Wildman–Crippen MR) is 85.0 cm³/mol. The van der Waals surface area contributed by atoms with Gasteiger partial charge in [-0.25, -0.2) is 4.98 Å². The van der Waals surface area contributed by atoms with E-state index in [-0.39, 0.29) is 6.04 Å². The Morgan fingerprint density at radius 2 is 2.32 bits per heavy atom. The molecule has 4 heteroatoms. The van der Waals surface area contributed by atoms with Gasteiger partial charge in [-0.2, -0.15) is 11.8 Å². The molecule has 19 heavy (non-hydrogen) atoms. The summed E-state index contributed by atoms with van der Waals surface area (Å²) in [4.78, 5) is 7.04. The Morgan fingerprint density at radius 1 is 1.53 bits per heavy atom. The molecule has 1 aliphatic rings. The van der Waals surface area contributed by atoms with E-state index in [4.69, 9.17) is 5.73 Å². The van der Waals surface area contributed by atoms with E-state index in [0.29, 0.717) is 4.75 Å². The molecule has 0 bridgehead atoms. The van der Waals surface area contributed by atoms with Crippen LogP contribution in [0.25, 0.3) is 0 Å². The molecule has 1 aromatic heterocycles. The standard InChI is InChI=1S/C15H25N3S/c1-4-13(16)10-12-6-5-7-17-14(12)18-8-9-19-15(2,3)11-18/h5-7,13H,4,8-11,16H2,1-3H3. The molecule has 1 fully saturated rings. The van der Waals surface area contributed by atoms with E-state index in [9.17, 15) is 0 Å². The fourth-order valence-corrected chi connectivity index (χ4v) is 3.61. The third kappa shape index (κ3) is 3.86. The van der Waals surface area contributed by atoms with Gasteiger partial charge >= 0.3 is 0 Å². The van der Waals surface area contributed by atoms with Crippen molar-refractivity contribution >= 4 is 17.6 Å². The van der Waals surface area contributed by atoms with Crippen LogP contribution in [0.2, 0.25) is 0 Å². The van der Waals surface area contributed by atoms with Crippen LogP contribution in [0, 0.1) is 0 Å². The van der Waals surface area contributed by atoms with Gasteiger partial charge in [-0.3, -0.25) is 0 Å². The normalized spacial score (nSPS) is 20.3. The molecule has 1 unspecified atom stereocenters. The highest BCUT2D eigenvalue weighted by molar-refractivity contribution is 8.00. The largest absolute Gasteiger partial charge is 0.354 e. The first-order valence-corrected chi connectivity index (χ1v) is 8.09. The van der Waals surface area contributed by atoms with Crippen LogP contribution in [0.1, 0.15) is 32.8 Å². The Balaban J connectivity index is 2.19. The smallest absolute Gasteiger partial charge is 0.131 e. The molecule has 0 saturated carbocycles. The van der Waals surface area contributed by atoms with Gasteiger partial charge in [0.2, 0.25) is 0 Å². The molecule has 1 atom stereocenters. The van der Waals surface area contributed by atoms with Gasteiger partial charge in [0, 0.05) is 35.8 Å². The van der Waals surface area contributed by atoms with Crippen molar-refractivity contribution < 1.29 is 0 Å². The Morgan fingerprint density at radius 3 is 3.00 bits per heavy atom. The topological polar surface area (TPSA) is 42.1 Å². The quantitative estimate of drug-likeness (QED) is 0.920. The molecule has 2 heterocycles. The fraction of sp³-hybridized carbons (Fsp3) is 0.667. The summed E-state index contributed by atoms with van der Waals surface area (Å²) in [7, 11) is 0. The van der Waals surface area contributed by atoms with Gasteiger partial charge in [-0.05, 0) is 38.3 Å². The van der Waals surface area contributed by atoms with E-state index in [2.05, 4.69) is 36.7 Å². The van der Waals surface area contributed by atoms with Gasteiger partial charge < -0.3 is 10.6 Å². The van der Waals surface area contributed by atoms with Crippen LogP contribution < -0.4 is 10.6 Å². The molecule has 2 N–H and O–H groups in total. The monoisotopic (exact) mass is 279 g/mol. The maximum absolute atomic E-state index is 6.11. The first-order valence-electron chi connectivity index (χ1n) is 7.10. The van der Waals surface area contributed by atoms with Crippen LogP contribution in [0.3, 0.4) is 0 Å². The molecule has 106 valence electrons.